The predicted octanol–water partition coefficient (Wildman–Crippen LogP) is 2.31. The van der Waals surface area contributed by atoms with Crippen molar-refractivity contribution < 1.29 is 23.0 Å². The van der Waals surface area contributed by atoms with Crippen LogP contribution in [0.25, 0.3) is 5.82 Å². The molecule has 1 N–H and O–H groups in total. The van der Waals surface area contributed by atoms with Gasteiger partial charge in [-0.15, -0.1) is 0 Å². The Morgan fingerprint density at radius 3 is 2.77 bits per heavy atom. The molecule has 4 rings (SSSR count). The van der Waals surface area contributed by atoms with Crippen molar-refractivity contribution in [1.29, 1.82) is 5.26 Å². The van der Waals surface area contributed by atoms with Crippen molar-refractivity contribution in [2.24, 2.45) is 0 Å². The van der Waals surface area contributed by atoms with Crippen LogP contribution in [0.4, 0.5) is 19.0 Å². The van der Waals surface area contributed by atoms with Crippen molar-refractivity contribution in [3.05, 3.63) is 48.2 Å². The minimum atomic E-state index is -4.69. The molecular weight excluding hydrogens is 403 g/mol. The molecule has 4 heterocycles. The number of pyridine rings is 1. The van der Waals surface area contributed by atoms with Crippen LogP contribution in [0.5, 0.6) is 11.6 Å². The highest BCUT2D eigenvalue weighted by Crippen LogP contribution is 2.32. The van der Waals surface area contributed by atoms with E-state index in [1.165, 1.54) is 24.8 Å². The topological polar surface area (TPSA) is 113 Å². The van der Waals surface area contributed by atoms with Crippen molar-refractivity contribution >= 4 is 5.82 Å². The fourth-order valence-electron chi connectivity index (χ4n) is 3.08. The summed E-state index contributed by atoms with van der Waals surface area (Å²) in [4.78, 5) is 13.9. The van der Waals surface area contributed by atoms with Crippen LogP contribution < -0.4 is 9.64 Å². The molecule has 3 aromatic rings. The molecule has 0 amide bonds. The van der Waals surface area contributed by atoms with Gasteiger partial charge < -0.3 is 14.7 Å². The summed E-state index contributed by atoms with van der Waals surface area (Å²) >= 11 is 0. The van der Waals surface area contributed by atoms with E-state index in [1.807, 2.05) is 11.0 Å². The lowest BCUT2D eigenvalue weighted by Gasteiger charge is -2.18. The molecule has 1 atom stereocenters. The monoisotopic (exact) mass is 417 g/mol. The Balaban J connectivity index is 1.51. The van der Waals surface area contributed by atoms with Gasteiger partial charge in [0.25, 0.3) is 0 Å². The van der Waals surface area contributed by atoms with E-state index in [4.69, 9.17) is 10.00 Å². The van der Waals surface area contributed by atoms with Crippen molar-refractivity contribution in [1.82, 2.24) is 24.7 Å². The van der Waals surface area contributed by atoms with Crippen LogP contribution in [0, 0.1) is 11.3 Å². The fraction of sp³-hybridized carbons (Fsp3) is 0.278. The van der Waals surface area contributed by atoms with Crippen LogP contribution in [0.2, 0.25) is 0 Å². The lowest BCUT2D eigenvalue weighted by atomic mass is 10.2. The minimum absolute atomic E-state index is 0.00334. The first-order valence-electron chi connectivity index (χ1n) is 8.79. The van der Waals surface area contributed by atoms with Crippen molar-refractivity contribution in [2.75, 3.05) is 18.0 Å². The molecule has 154 valence electrons. The van der Waals surface area contributed by atoms with E-state index < -0.39 is 17.8 Å². The highest BCUT2D eigenvalue weighted by Gasteiger charge is 2.35. The predicted molar refractivity (Wildman–Crippen MR) is 96.0 cm³/mol. The molecule has 9 nitrogen and oxygen atoms in total. The summed E-state index contributed by atoms with van der Waals surface area (Å²) in [5.74, 6) is 0.143. The van der Waals surface area contributed by atoms with E-state index in [0.717, 1.165) is 0 Å². The van der Waals surface area contributed by atoms with Gasteiger partial charge in [-0.1, -0.05) is 0 Å². The first-order chi connectivity index (χ1) is 14.3. The molecule has 0 aliphatic carbocycles. The van der Waals surface area contributed by atoms with Crippen molar-refractivity contribution in [3.63, 3.8) is 0 Å². The maximum atomic E-state index is 12.8. The number of ether oxygens (including phenoxy) is 1. The molecule has 1 saturated heterocycles. The third kappa shape index (κ3) is 3.82. The van der Waals surface area contributed by atoms with Crippen LogP contribution in [0.3, 0.4) is 0 Å². The summed E-state index contributed by atoms with van der Waals surface area (Å²) in [5, 5.41) is 22.4. The molecule has 0 spiro atoms. The van der Waals surface area contributed by atoms with E-state index in [-0.39, 0.29) is 11.9 Å². The van der Waals surface area contributed by atoms with Crippen LogP contribution in [0.1, 0.15) is 17.7 Å². The third-order valence-corrected chi connectivity index (χ3v) is 4.50. The first-order valence-corrected chi connectivity index (χ1v) is 8.79. The Labute approximate surface area is 168 Å². The standard InChI is InChI=1S/C18H14F3N7O2/c19-18(20,21)14-5-17(29)28(26-14)16-6-15(24-10-25-16)27-4-2-12(9-27)30-13-8-23-3-1-11(13)7-22/h1,3,5-6,8,10,12,29H,2,4,9H2. The Morgan fingerprint density at radius 2 is 2.03 bits per heavy atom. The average molecular weight is 417 g/mol. The maximum Gasteiger partial charge on any atom is 0.435 e. The highest BCUT2D eigenvalue weighted by molar-refractivity contribution is 5.46. The van der Waals surface area contributed by atoms with Gasteiger partial charge in [0.15, 0.2) is 17.3 Å². The Morgan fingerprint density at radius 1 is 1.23 bits per heavy atom. The molecule has 0 saturated carbocycles. The number of hydrogen-bond donors (Lipinski definition) is 1. The summed E-state index contributed by atoms with van der Waals surface area (Å²) < 4.78 is 45.1. The first kappa shape index (κ1) is 19.4. The van der Waals surface area contributed by atoms with Crippen LogP contribution in [-0.2, 0) is 6.18 Å². The van der Waals surface area contributed by atoms with Gasteiger partial charge in [-0.05, 0) is 6.07 Å². The summed E-state index contributed by atoms with van der Waals surface area (Å²) in [6.45, 7) is 1.01. The zero-order chi connectivity index (χ0) is 21.3. The fourth-order valence-corrected chi connectivity index (χ4v) is 3.08. The number of halogens is 3. The summed E-state index contributed by atoms with van der Waals surface area (Å²) in [5.41, 5.74) is -0.845. The van der Waals surface area contributed by atoms with E-state index >= 15 is 0 Å². The van der Waals surface area contributed by atoms with Gasteiger partial charge in [0.1, 0.15) is 24.3 Å². The van der Waals surface area contributed by atoms with Gasteiger partial charge in [0, 0.05) is 31.3 Å². The van der Waals surface area contributed by atoms with Gasteiger partial charge >= 0.3 is 6.18 Å². The molecule has 1 fully saturated rings. The van der Waals surface area contributed by atoms with Crippen LogP contribution >= 0.6 is 0 Å². The normalized spacial score (nSPS) is 16.5. The number of anilines is 1. The molecule has 3 aromatic heterocycles. The number of hydrogen-bond acceptors (Lipinski definition) is 8. The molecule has 1 unspecified atom stereocenters. The largest absolute Gasteiger partial charge is 0.493 e. The number of rotatable bonds is 4. The molecule has 1 aliphatic rings. The molecule has 30 heavy (non-hydrogen) atoms. The Bertz CT molecular complexity index is 1110. The van der Waals surface area contributed by atoms with E-state index in [1.54, 1.807) is 6.07 Å². The van der Waals surface area contributed by atoms with Gasteiger partial charge in [-0.25, -0.2) is 9.97 Å². The summed E-state index contributed by atoms with van der Waals surface area (Å²) in [6.07, 6.45) is -0.111. The highest BCUT2D eigenvalue weighted by atomic mass is 19.4. The SMILES string of the molecule is N#Cc1ccncc1OC1CCN(c2cc(-n3nc(C(F)(F)F)cc3O)ncn2)C1. The van der Waals surface area contributed by atoms with Gasteiger partial charge in [0.05, 0.1) is 18.3 Å². The van der Waals surface area contributed by atoms with Crippen molar-refractivity contribution in [3.8, 4) is 23.5 Å². The Hall–Kier alpha value is -3.88. The number of aromatic hydroxyl groups is 1. The molecule has 0 aromatic carbocycles. The zero-order valence-corrected chi connectivity index (χ0v) is 15.3. The zero-order valence-electron chi connectivity index (χ0n) is 15.3. The molecular formula is C18H14F3N7O2. The summed E-state index contributed by atoms with van der Waals surface area (Å²) in [6, 6.07) is 5.56. The van der Waals surface area contributed by atoms with Crippen molar-refractivity contribution in [2.45, 2.75) is 18.7 Å². The number of aromatic nitrogens is 5. The Kier molecular flexibility index (Phi) is 4.86. The number of nitriles is 1. The lowest BCUT2D eigenvalue weighted by Crippen LogP contribution is -2.25. The van der Waals surface area contributed by atoms with E-state index in [0.29, 0.717) is 47.4 Å². The third-order valence-electron chi connectivity index (χ3n) is 4.50. The minimum Gasteiger partial charge on any atom is -0.493 e. The number of nitrogens with zero attached hydrogens (tertiary/aromatic N) is 7. The second-order valence-electron chi connectivity index (χ2n) is 6.49. The maximum absolute atomic E-state index is 12.8. The molecule has 1 aliphatic heterocycles. The van der Waals surface area contributed by atoms with Crippen LogP contribution in [0.15, 0.2) is 36.9 Å². The quantitative estimate of drug-likeness (QED) is 0.688. The second kappa shape index (κ2) is 7.51. The second-order valence-corrected chi connectivity index (χ2v) is 6.49. The van der Waals surface area contributed by atoms with Crippen LogP contribution in [-0.4, -0.2) is 49.0 Å². The van der Waals surface area contributed by atoms with Gasteiger partial charge in [0.2, 0.25) is 5.88 Å². The molecule has 0 bridgehead atoms. The van der Waals surface area contributed by atoms with E-state index in [2.05, 4.69) is 20.1 Å². The van der Waals surface area contributed by atoms with Gasteiger partial charge in [-0.2, -0.15) is 28.2 Å². The summed E-state index contributed by atoms with van der Waals surface area (Å²) in [7, 11) is 0. The van der Waals surface area contributed by atoms with Gasteiger partial charge in [-0.3, -0.25) is 4.98 Å². The smallest absolute Gasteiger partial charge is 0.435 e. The molecule has 0 radical (unpaired) electrons. The average Bonchev–Trinajstić information content (AvgIpc) is 3.35. The molecule has 12 heteroatoms. The van der Waals surface area contributed by atoms with E-state index in [9.17, 15) is 18.3 Å². The number of alkyl halides is 3. The lowest BCUT2D eigenvalue weighted by molar-refractivity contribution is -0.141.